The van der Waals surface area contributed by atoms with Gasteiger partial charge in [-0.3, -0.25) is 4.79 Å². The lowest BCUT2D eigenvalue weighted by Gasteiger charge is -2.28. The van der Waals surface area contributed by atoms with Gasteiger partial charge in [-0.25, -0.2) is 18.2 Å². The van der Waals surface area contributed by atoms with E-state index in [4.69, 9.17) is 0 Å². The van der Waals surface area contributed by atoms with Crippen molar-refractivity contribution in [3.63, 3.8) is 0 Å². The average Bonchev–Trinajstić information content (AvgIpc) is 2.54. The lowest BCUT2D eigenvalue weighted by molar-refractivity contribution is -0.139. The number of Topliss-reactive ketones (excluding diaryl/α,β-unsaturated/α-hetero) is 1. The van der Waals surface area contributed by atoms with Gasteiger partial charge in [-0.05, 0) is 17.7 Å². The summed E-state index contributed by atoms with van der Waals surface area (Å²) in [4.78, 5) is 27.6. The lowest BCUT2D eigenvalue weighted by atomic mass is 10.1. The number of aliphatic carboxylic acids is 1. The molecule has 0 amide bonds. The van der Waals surface area contributed by atoms with Gasteiger partial charge < -0.3 is 5.11 Å². The minimum absolute atomic E-state index is 0.260. The first-order chi connectivity index (χ1) is 11.3. The highest BCUT2D eigenvalue weighted by atomic mass is 32.2. The standard InChI is InChI=1S/C16H14N2O5S/c1-18-14(16(20)21)15(19)13-12(24(18,22)23)8-7-11(17-13)9-10-5-3-2-4-6-10/h2-8,14H,9H2,1H3,(H,20,21). The first-order valence-corrected chi connectivity index (χ1v) is 8.55. The summed E-state index contributed by atoms with van der Waals surface area (Å²) < 4.78 is 25.4. The fraction of sp³-hybridized carbons (Fsp3) is 0.188. The van der Waals surface area contributed by atoms with E-state index in [0.29, 0.717) is 16.4 Å². The number of hydrogen-bond acceptors (Lipinski definition) is 5. The number of hydrogen-bond donors (Lipinski definition) is 1. The van der Waals surface area contributed by atoms with E-state index in [1.54, 1.807) is 0 Å². The molecule has 7 nitrogen and oxygen atoms in total. The van der Waals surface area contributed by atoms with E-state index in [-0.39, 0.29) is 10.6 Å². The number of carboxylic acids is 1. The number of fused-ring (bicyclic) bond motifs is 1. The normalized spacial score (nSPS) is 19.7. The number of carbonyl (C=O) groups excluding carboxylic acids is 1. The largest absolute Gasteiger partial charge is 0.480 e. The molecule has 1 aromatic carbocycles. The molecule has 0 fully saturated rings. The van der Waals surface area contributed by atoms with Crippen LogP contribution in [-0.2, 0) is 21.2 Å². The van der Waals surface area contributed by atoms with Crippen LogP contribution in [0.25, 0.3) is 0 Å². The third-order valence-electron chi connectivity index (χ3n) is 3.88. The minimum Gasteiger partial charge on any atom is -0.480 e. The number of carbonyl (C=O) groups is 2. The van der Waals surface area contributed by atoms with Gasteiger partial charge in [-0.2, -0.15) is 4.31 Å². The predicted octanol–water partition coefficient (Wildman–Crippen LogP) is 0.942. The quantitative estimate of drug-likeness (QED) is 0.830. The van der Waals surface area contributed by atoms with Crippen molar-refractivity contribution in [1.82, 2.24) is 9.29 Å². The van der Waals surface area contributed by atoms with Gasteiger partial charge in [0, 0.05) is 19.2 Å². The maximum Gasteiger partial charge on any atom is 0.330 e. The van der Waals surface area contributed by atoms with Crippen LogP contribution in [0.5, 0.6) is 0 Å². The second-order valence-electron chi connectivity index (χ2n) is 5.44. The number of aromatic nitrogens is 1. The Balaban J connectivity index is 2.08. The topological polar surface area (TPSA) is 105 Å². The first-order valence-electron chi connectivity index (χ1n) is 7.11. The summed E-state index contributed by atoms with van der Waals surface area (Å²) in [7, 11) is -2.99. The van der Waals surface area contributed by atoms with E-state index < -0.39 is 27.8 Å². The fourth-order valence-corrected chi connectivity index (χ4v) is 4.04. The van der Waals surface area contributed by atoms with Crippen molar-refractivity contribution in [2.24, 2.45) is 0 Å². The molecule has 0 saturated carbocycles. The van der Waals surface area contributed by atoms with Gasteiger partial charge in [-0.15, -0.1) is 0 Å². The van der Waals surface area contributed by atoms with Crippen molar-refractivity contribution in [3.8, 4) is 0 Å². The minimum atomic E-state index is -4.07. The van der Waals surface area contributed by atoms with Crippen LogP contribution in [0.4, 0.5) is 0 Å². The van der Waals surface area contributed by atoms with Crippen molar-refractivity contribution in [2.75, 3.05) is 7.05 Å². The molecule has 1 aliphatic rings. The molecular formula is C16H14N2O5S. The van der Waals surface area contributed by atoms with Crippen LogP contribution in [-0.4, -0.2) is 47.7 Å². The number of ketones is 1. The molecule has 1 unspecified atom stereocenters. The molecule has 1 aliphatic heterocycles. The zero-order valence-corrected chi connectivity index (χ0v) is 13.5. The van der Waals surface area contributed by atoms with Gasteiger partial charge >= 0.3 is 5.97 Å². The van der Waals surface area contributed by atoms with Gasteiger partial charge in [-0.1, -0.05) is 30.3 Å². The first kappa shape index (κ1) is 16.3. The molecule has 1 atom stereocenters. The Hall–Kier alpha value is -2.58. The maximum atomic E-state index is 12.4. The molecular weight excluding hydrogens is 332 g/mol. The summed E-state index contributed by atoms with van der Waals surface area (Å²) in [6, 6.07) is 10.4. The van der Waals surface area contributed by atoms with Crippen LogP contribution in [0.2, 0.25) is 0 Å². The van der Waals surface area contributed by atoms with Crippen molar-refractivity contribution in [2.45, 2.75) is 17.4 Å². The molecule has 3 rings (SSSR count). The lowest BCUT2D eigenvalue weighted by Crippen LogP contribution is -2.51. The van der Waals surface area contributed by atoms with Crippen molar-refractivity contribution >= 4 is 21.8 Å². The Bertz CT molecular complexity index is 925. The smallest absolute Gasteiger partial charge is 0.330 e. The van der Waals surface area contributed by atoms with Crippen LogP contribution in [0.15, 0.2) is 47.4 Å². The molecule has 8 heteroatoms. The molecule has 0 bridgehead atoms. The SMILES string of the molecule is CN1C(C(=O)O)C(=O)c2nc(Cc3ccccc3)ccc2S1(=O)=O. The van der Waals surface area contributed by atoms with Crippen LogP contribution in [0, 0.1) is 0 Å². The third-order valence-corrected chi connectivity index (χ3v) is 5.73. The van der Waals surface area contributed by atoms with Crippen LogP contribution in [0.3, 0.4) is 0 Å². The Labute approximate surface area is 138 Å². The number of benzene rings is 1. The fourth-order valence-electron chi connectivity index (χ4n) is 2.63. The maximum absolute atomic E-state index is 12.4. The molecule has 0 aliphatic carbocycles. The zero-order chi connectivity index (χ0) is 17.5. The molecule has 1 N–H and O–H groups in total. The molecule has 24 heavy (non-hydrogen) atoms. The van der Waals surface area contributed by atoms with E-state index in [1.807, 2.05) is 30.3 Å². The van der Waals surface area contributed by atoms with E-state index in [2.05, 4.69) is 4.98 Å². The molecule has 2 aromatic rings. The average molecular weight is 346 g/mol. The molecule has 124 valence electrons. The second-order valence-corrected chi connectivity index (χ2v) is 7.40. The number of nitrogens with zero attached hydrogens (tertiary/aromatic N) is 2. The van der Waals surface area contributed by atoms with Crippen molar-refractivity contribution < 1.29 is 23.1 Å². The van der Waals surface area contributed by atoms with Gasteiger partial charge in [0.1, 0.15) is 10.6 Å². The highest BCUT2D eigenvalue weighted by Crippen LogP contribution is 2.28. The number of pyridine rings is 1. The van der Waals surface area contributed by atoms with E-state index in [9.17, 15) is 23.1 Å². The Morgan fingerprint density at radius 3 is 2.50 bits per heavy atom. The van der Waals surface area contributed by atoms with E-state index in [1.165, 1.54) is 12.1 Å². The highest BCUT2D eigenvalue weighted by Gasteiger charge is 2.46. The summed E-state index contributed by atoms with van der Waals surface area (Å²) in [6.07, 6.45) is 0.412. The van der Waals surface area contributed by atoms with Gasteiger partial charge in [0.2, 0.25) is 15.8 Å². The Kier molecular flexibility index (Phi) is 3.94. The third kappa shape index (κ3) is 2.59. The molecule has 1 aromatic heterocycles. The number of rotatable bonds is 3. The van der Waals surface area contributed by atoms with Crippen molar-refractivity contribution in [1.29, 1.82) is 0 Å². The monoisotopic (exact) mass is 346 g/mol. The number of carboxylic acid groups (broad SMARTS) is 1. The van der Waals surface area contributed by atoms with Gasteiger partial charge in [0.05, 0.1) is 0 Å². The molecule has 0 radical (unpaired) electrons. The Morgan fingerprint density at radius 1 is 1.21 bits per heavy atom. The summed E-state index contributed by atoms with van der Waals surface area (Å²) in [5.41, 5.74) is 1.13. The summed E-state index contributed by atoms with van der Waals surface area (Å²) in [6.45, 7) is 0. The van der Waals surface area contributed by atoms with Crippen LogP contribution < -0.4 is 0 Å². The summed E-state index contributed by atoms with van der Waals surface area (Å²) in [5.74, 6) is -2.35. The van der Waals surface area contributed by atoms with E-state index in [0.717, 1.165) is 12.6 Å². The van der Waals surface area contributed by atoms with Gasteiger partial charge in [0.25, 0.3) is 0 Å². The zero-order valence-electron chi connectivity index (χ0n) is 12.7. The summed E-state index contributed by atoms with van der Waals surface area (Å²) >= 11 is 0. The van der Waals surface area contributed by atoms with Crippen LogP contribution in [0.1, 0.15) is 21.7 Å². The van der Waals surface area contributed by atoms with Gasteiger partial charge in [0.15, 0.2) is 6.04 Å². The summed E-state index contributed by atoms with van der Waals surface area (Å²) in [5, 5.41) is 9.19. The van der Waals surface area contributed by atoms with Crippen molar-refractivity contribution in [3.05, 3.63) is 59.4 Å². The predicted molar refractivity (Wildman–Crippen MR) is 84.2 cm³/mol. The Morgan fingerprint density at radius 2 is 1.88 bits per heavy atom. The molecule has 0 spiro atoms. The number of sulfonamides is 1. The molecule has 0 saturated heterocycles. The van der Waals surface area contributed by atoms with Crippen LogP contribution >= 0.6 is 0 Å². The highest BCUT2D eigenvalue weighted by molar-refractivity contribution is 7.89. The second kappa shape index (κ2) is 5.81. The number of likely N-dealkylation sites (N-methyl/N-ethyl adjacent to an activating group) is 1. The molecule has 2 heterocycles. The van der Waals surface area contributed by atoms with E-state index >= 15 is 0 Å².